The topological polar surface area (TPSA) is 64.7 Å². The van der Waals surface area contributed by atoms with Crippen LogP contribution in [0.2, 0.25) is 0 Å². The Morgan fingerprint density at radius 3 is 2.82 bits per heavy atom. The summed E-state index contributed by atoms with van der Waals surface area (Å²) in [7, 11) is 0. The largest absolute Gasteiger partial charge is 0.375 e. The minimum atomic E-state index is 0.587. The zero-order valence-corrected chi connectivity index (χ0v) is 10.0. The number of thiazole rings is 1. The number of anilines is 1. The first-order valence-corrected chi connectivity index (χ1v) is 6.00. The molecule has 0 spiro atoms. The van der Waals surface area contributed by atoms with Crippen molar-refractivity contribution in [2.24, 2.45) is 0 Å². The molecule has 0 aliphatic carbocycles. The fourth-order valence-corrected chi connectivity index (χ4v) is 2.40. The average Bonchev–Trinajstić information content (AvgIpc) is 2.75. The monoisotopic (exact) mass is 242 g/mol. The summed E-state index contributed by atoms with van der Waals surface area (Å²) >= 11 is 1.48. The molecular formula is C12H10N4S. The Balaban J connectivity index is 2.18. The van der Waals surface area contributed by atoms with E-state index < -0.39 is 0 Å². The lowest BCUT2D eigenvalue weighted by atomic mass is 10.1. The van der Waals surface area contributed by atoms with Crippen molar-refractivity contribution in [3.05, 3.63) is 36.2 Å². The van der Waals surface area contributed by atoms with E-state index in [1.165, 1.54) is 11.3 Å². The van der Waals surface area contributed by atoms with Crippen LogP contribution in [0.5, 0.6) is 0 Å². The van der Waals surface area contributed by atoms with Gasteiger partial charge in [0.25, 0.3) is 0 Å². The number of nitrogens with two attached hydrogens (primary N) is 1. The van der Waals surface area contributed by atoms with Gasteiger partial charge in [-0.3, -0.25) is 0 Å². The van der Waals surface area contributed by atoms with Crippen LogP contribution in [-0.4, -0.2) is 15.2 Å². The number of nitrogens with zero attached hydrogens (tertiary/aromatic N) is 3. The highest BCUT2D eigenvalue weighted by Gasteiger charge is 2.04. The smallest absolute Gasteiger partial charge is 0.180 e. The van der Waals surface area contributed by atoms with E-state index in [0.29, 0.717) is 5.13 Å². The standard InChI is InChI=1S/C12H10N4S/c1-7-4-9-5-8(2-3-10(9)16-15-7)11-6-14-12(13)17-11/h2-6H,1H3,(H2,13,14). The second kappa shape index (κ2) is 3.78. The van der Waals surface area contributed by atoms with Crippen LogP contribution >= 0.6 is 11.3 Å². The number of fused-ring (bicyclic) bond motifs is 1. The highest BCUT2D eigenvalue weighted by Crippen LogP contribution is 2.29. The minimum Gasteiger partial charge on any atom is -0.375 e. The highest BCUT2D eigenvalue weighted by atomic mass is 32.1. The van der Waals surface area contributed by atoms with Gasteiger partial charge in [-0.25, -0.2) is 4.98 Å². The molecule has 0 unspecified atom stereocenters. The number of rotatable bonds is 1. The van der Waals surface area contributed by atoms with Gasteiger partial charge >= 0.3 is 0 Å². The van der Waals surface area contributed by atoms with Gasteiger partial charge in [0.05, 0.1) is 16.1 Å². The van der Waals surface area contributed by atoms with Crippen molar-refractivity contribution in [3.8, 4) is 10.4 Å². The highest BCUT2D eigenvalue weighted by molar-refractivity contribution is 7.18. The number of benzene rings is 1. The molecule has 0 aliphatic rings. The van der Waals surface area contributed by atoms with Gasteiger partial charge in [0.2, 0.25) is 0 Å². The molecule has 4 nitrogen and oxygen atoms in total. The van der Waals surface area contributed by atoms with Crippen LogP contribution < -0.4 is 5.73 Å². The van der Waals surface area contributed by atoms with Crippen molar-refractivity contribution in [3.63, 3.8) is 0 Å². The molecule has 84 valence electrons. The lowest BCUT2D eigenvalue weighted by Gasteiger charge is -2.00. The van der Waals surface area contributed by atoms with Crippen LogP contribution in [0.3, 0.4) is 0 Å². The van der Waals surface area contributed by atoms with Crippen LogP contribution in [0.4, 0.5) is 5.13 Å². The molecule has 1 aromatic carbocycles. The van der Waals surface area contributed by atoms with E-state index in [9.17, 15) is 0 Å². The Labute approximate surface area is 102 Å². The van der Waals surface area contributed by atoms with Gasteiger partial charge in [-0.05, 0) is 30.7 Å². The van der Waals surface area contributed by atoms with Gasteiger partial charge < -0.3 is 5.73 Å². The second-order valence-corrected chi connectivity index (χ2v) is 4.88. The fraction of sp³-hybridized carbons (Fsp3) is 0.0833. The van der Waals surface area contributed by atoms with Gasteiger partial charge in [-0.15, -0.1) is 0 Å². The van der Waals surface area contributed by atoms with Crippen molar-refractivity contribution in [1.29, 1.82) is 0 Å². The average molecular weight is 242 g/mol. The van der Waals surface area contributed by atoms with Crippen molar-refractivity contribution in [2.45, 2.75) is 6.92 Å². The molecule has 0 fully saturated rings. The SMILES string of the molecule is Cc1cc2cc(-c3cnc(N)s3)ccc2nn1. The number of aromatic nitrogens is 3. The molecule has 0 saturated carbocycles. The van der Waals surface area contributed by atoms with E-state index in [1.807, 2.05) is 25.1 Å². The summed E-state index contributed by atoms with van der Waals surface area (Å²) in [5.74, 6) is 0. The van der Waals surface area contributed by atoms with Gasteiger partial charge in [-0.1, -0.05) is 17.4 Å². The Bertz CT molecular complexity index is 690. The summed E-state index contributed by atoms with van der Waals surface area (Å²) in [4.78, 5) is 5.13. The van der Waals surface area contributed by atoms with E-state index in [2.05, 4.69) is 21.2 Å². The normalized spacial score (nSPS) is 10.9. The van der Waals surface area contributed by atoms with Crippen LogP contribution in [0, 0.1) is 6.92 Å². The third-order valence-electron chi connectivity index (χ3n) is 2.52. The summed E-state index contributed by atoms with van der Waals surface area (Å²) in [5.41, 5.74) is 8.56. The number of hydrogen-bond donors (Lipinski definition) is 1. The van der Waals surface area contributed by atoms with Crippen LogP contribution in [0.25, 0.3) is 21.3 Å². The van der Waals surface area contributed by atoms with E-state index in [0.717, 1.165) is 27.0 Å². The minimum absolute atomic E-state index is 0.587. The molecule has 17 heavy (non-hydrogen) atoms. The van der Waals surface area contributed by atoms with E-state index in [-0.39, 0.29) is 0 Å². The Hall–Kier alpha value is -2.01. The molecular weight excluding hydrogens is 232 g/mol. The van der Waals surface area contributed by atoms with E-state index >= 15 is 0 Å². The first-order chi connectivity index (χ1) is 8.22. The maximum atomic E-state index is 5.64. The van der Waals surface area contributed by atoms with E-state index in [4.69, 9.17) is 5.73 Å². The Kier molecular flexibility index (Phi) is 2.26. The maximum Gasteiger partial charge on any atom is 0.180 e. The summed E-state index contributed by atoms with van der Waals surface area (Å²) in [6, 6.07) is 8.09. The van der Waals surface area contributed by atoms with Gasteiger partial charge in [0.1, 0.15) is 0 Å². The summed E-state index contributed by atoms with van der Waals surface area (Å²) in [5, 5.41) is 9.84. The predicted molar refractivity (Wildman–Crippen MR) is 69.8 cm³/mol. The van der Waals surface area contributed by atoms with Crippen molar-refractivity contribution in [2.75, 3.05) is 5.73 Å². The Morgan fingerprint density at radius 1 is 1.18 bits per heavy atom. The third kappa shape index (κ3) is 1.85. The molecule has 3 aromatic rings. The van der Waals surface area contributed by atoms with Crippen LogP contribution in [0.1, 0.15) is 5.69 Å². The fourth-order valence-electron chi connectivity index (χ4n) is 1.72. The molecule has 0 bridgehead atoms. The van der Waals surface area contributed by atoms with Crippen molar-refractivity contribution in [1.82, 2.24) is 15.2 Å². The van der Waals surface area contributed by atoms with Crippen molar-refractivity contribution < 1.29 is 0 Å². The van der Waals surface area contributed by atoms with Gasteiger partial charge in [0.15, 0.2) is 5.13 Å². The molecule has 0 amide bonds. The summed E-state index contributed by atoms with van der Waals surface area (Å²) < 4.78 is 0. The zero-order chi connectivity index (χ0) is 11.8. The quantitative estimate of drug-likeness (QED) is 0.712. The predicted octanol–water partition coefficient (Wildman–Crippen LogP) is 2.64. The molecule has 0 saturated heterocycles. The van der Waals surface area contributed by atoms with Gasteiger partial charge in [-0.2, -0.15) is 10.2 Å². The summed E-state index contributed by atoms with van der Waals surface area (Å²) in [6.07, 6.45) is 1.79. The van der Waals surface area contributed by atoms with Crippen molar-refractivity contribution >= 4 is 27.4 Å². The zero-order valence-electron chi connectivity index (χ0n) is 9.21. The molecule has 2 N–H and O–H groups in total. The number of aryl methyl sites for hydroxylation is 1. The molecule has 2 aromatic heterocycles. The molecule has 3 rings (SSSR count). The number of hydrogen-bond acceptors (Lipinski definition) is 5. The van der Waals surface area contributed by atoms with Gasteiger partial charge in [0, 0.05) is 11.6 Å². The lowest BCUT2D eigenvalue weighted by molar-refractivity contribution is 1.02. The first kappa shape index (κ1) is 10.2. The van der Waals surface area contributed by atoms with Crippen LogP contribution in [0.15, 0.2) is 30.5 Å². The molecule has 2 heterocycles. The third-order valence-corrected chi connectivity index (χ3v) is 3.39. The molecule has 5 heteroatoms. The molecule has 0 aliphatic heterocycles. The maximum absolute atomic E-state index is 5.64. The van der Waals surface area contributed by atoms with Crippen LogP contribution in [-0.2, 0) is 0 Å². The number of nitrogen functional groups attached to an aromatic ring is 1. The van der Waals surface area contributed by atoms with E-state index in [1.54, 1.807) is 6.20 Å². The first-order valence-electron chi connectivity index (χ1n) is 5.18. The molecule has 0 atom stereocenters. The lowest BCUT2D eigenvalue weighted by Crippen LogP contribution is -1.87. The Morgan fingerprint density at radius 2 is 2.06 bits per heavy atom. The summed E-state index contributed by atoms with van der Waals surface area (Å²) in [6.45, 7) is 1.93. The second-order valence-electron chi connectivity index (χ2n) is 3.82. The molecule has 0 radical (unpaired) electrons.